The Morgan fingerprint density at radius 2 is 1.75 bits per heavy atom. The number of carbonyl (C=O) groups excluding carboxylic acids is 3. The number of ketones is 2. The van der Waals surface area contributed by atoms with Crippen LogP contribution in [0.2, 0.25) is 0 Å². The molecule has 1 aromatic carbocycles. The lowest BCUT2D eigenvalue weighted by Crippen LogP contribution is -2.39. The third-order valence-electron chi connectivity index (χ3n) is 2.98. The van der Waals surface area contributed by atoms with Crippen LogP contribution in [0.5, 0.6) is 0 Å². The second kappa shape index (κ2) is 5.46. The molecule has 0 spiro atoms. The first-order valence-corrected chi connectivity index (χ1v) is 6.27. The topological polar surface area (TPSA) is 72.5 Å². The van der Waals surface area contributed by atoms with Gasteiger partial charge in [0.1, 0.15) is 16.8 Å². The van der Waals surface area contributed by atoms with Gasteiger partial charge in [-0.15, -0.1) is 0 Å². The van der Waals surface area contributed by atoms with Gasteiger partial charge in [0.2, 0.25) is 11.6 Å². The van der Waals surface area contributed by atoms with Crippen LogP contribution in [0.3, 0.4) is 0 Å². The lowest BCUT2D eigenvalue weighted by Gasteiger charge is -2.21. The summed E-state index contributed by atoms with van der Waals surface area (Å²) in [6, 6.07) is 5.61. The van der Waals surface area contributed by atoms with Gasteiger partial charge in [0.25, 0.3) is 0 Å². The number of esters is 1. The Bertz CT molecular complexity index is 636. The van der Waals surface area contributed by atoms with E-state index in [1.807, 2.05) is 0 Å². The molecule has 1 atom stereocenters. The maximum absolute atomic E-state index is 12.3. The maximum Gasteiger partial charge on any atom is 0.327 e. The molecule has 0 amide bonds. The lowest BCUT2D eigenvalue weighted by molar-refractivity contribution is -0.142. The van der Waals surface area contributed by atoms with Crippen LogP contribution < -0.4 is 5.32 Å². The van der Waals surface area contributed by atoms with Crippen LogP contribution in [0.15, 0.2) is 35.0 Å². The standard InChI is InChI=1S/C14H12ClNO4/c1-7(14(19)20-2)16-11-10(15)12(17)8-5-3-4-6-9(8)13(11)18/h3-7,16H,1-2H3/t7-/m1/s1. The van der Waals surface area contributed by atoms with Crippen LogP contribution in [0.25, 0.3) is 0 Å². The van der Waals surface area contributed by atoms with E-state index in [0.717, 1.165) is 0 Å². The fraction of sp³-hybridized carbons (Fsp3) is 0.214. The van der Waals surface area contributed by atoms with Crippen molar-refractivity contribution in [2.45, 2.75) is 13.0 Å². The SMILES string of the molecule is COC(=O)[C@@H](C)NC1=C(Cl)C(=O)c2ccccc2C1=O. The minimum atomic E-state index is -0.786. The number of Topliss-reactive ketones (excluding diaryl/α,β-unsaturated/α-hetero) is 2. The monoisotopic (exact) mass is 293 g/mol. The van der Waals surface area contributed by atoms with Crippen LogP contribution in [0, 0.1) is 0 Å². The highest BCUT2D eigenvalue weighted by molar-refractivity contribution is 6.49. The van der Waals surface area contributed by atoms with E-state index in [-0.39, 0.29) is 21.9 Å². The molecule has 20 heavy (non-hydrogen) atoms. The Morgan fingerprint density at radius 1 is 1.20 bits per heavy atom. The van der Waals surface area contributed by atoms with E-state index < -0.39 is 23.6 Å². The summed E-state index contributed by atoms with van der Waals surface area (Å²) >= 11 is 5.94. The van der Waals surface area contributed by atoms with Crippen molar-refractivity contribution in [1.29, 1.82) is 0 Å². The molecule has 1 aliphatic carbocycles. The van der Waals surface area contributed by atoms with Crippen molar-refractivity contribution in [3.8, 4) is 0 Å². The number of ether oxygens (including phenoxy) is 1. The average molecular weight is 294 g/mol. The fourth-order valence-electron chi connectivity index (χ4n) is 1.93. The number of allylic oxidation sites excluding steroid dienone is 2. The Hall–Kier alpha value is -2.14. The van der Waals surface area contributed by atoms with E-state index in [1.165, 1.54) is 14.0 Å². The van der Waals surface area contributed by atoms with Crippen molar-refractivity contribution in [1.82, 2.24) is 5.32 Å². The van der Waals surface area contributed by atoms with E-state index in [2.05, 4.69) is 10.1 Å². The van der Waals surface area contributed by atoms with Crippen LogP contribution in [0.4, 0.5) is 0 Å². The van der Waals surface area contributed by atoms with Crippen molar-refractivity contribution in [2.24, 2.45) is 0 Å². The molecule has 5 nitrogen and oxygen atoms in total. The molecule has 6 heteroatoms. The average Bonchev–Trinajstić information content (AvgIpc) is 2.48. The molecule has 0 aliphatic heterocycles. The molecule has 0 heterocycles. The first-order valence-electron chi connectivity index (χ1n) is 5.90. The van der Waals surface area contributed by atoms with Gasteiger partial charge in [0, 0.05) is 11.1 Å². The zero-order valence-corrected chi connectivity index (χ0v) is 11.7. The number of methoxy groups -OCH3 is 1. The first kappa shape index (κ1) is 14.3. The molecule has 0 saturated carbocycles. The minimum absolute atomic E-state index is 0.0757. The van der Waals surface area contributed by atoms with Gasteiger partial charge in [0.15, 0.2) is 0 Å². The van der Waals surface area contributed by atoms with Crippen LogP contribution in [-0.4, -0.2) is 30.7 Å². The zero-order chi connectivity index (χ0) is 14.9. The summed E-state index contributed by atoms with van der Waals surface area (Å²) in [7, 11) is 1.24. The van der Waals surface area contributed by atoms with Gasteiger partial charge in [-0.25, -0.2) is 4.79 Å². The Labute approximate surface area is 120 Å². The Morgan fingerprint density at radius 3 is 2.30 bits per heavy atom. The van der Waals surface area contributed by atoms with Gasteiger partial charge in [-0.1, -0.05) is 35.9 Å². The summed E-state index contributed by atoms with van der Waals surface area (Å²) in [4.78, 5) is 35.8. The zero-order valence-electron chi connectivity index (χ0n) is 10.9. The van der Waals surface area contributed by atoms with Crippen molar-refractivity contribution in [2.75, 3.05) is 7.11 Å². The number of nitrogens with one attached hydrogen (secondary N) is 1. The molecule has 0 bridgehead atoms. The molecule has 1 N–H and O–H groups in total. The summed E-state index contributed by atoms with van der Waals surface area (Å²) in [6.45, 7) is 1.52. The molecule has 104 valence electrons. The van der Waals surface area contributed by atoms with Crippen molar-refractivity contribution < 1.29 is 19.1 Å². The summed E-state index contributed by atoms with van der Waals surface area (Å²) in [6.07, 6.45) is 0. The minimum Gasteiger partial charge on any atom is -0.467 e. The molecule has 0 saturated heterocycles. The molecular formula is C14H12ClNO4. The number of carbonyl (C=O) groups is 3. The third-order valence-corrected chi connectivity index (χ3v) is 3.34. The highest BCUT2D eigenvalue weighted by atomic mass is 35.5. The second-order valence-electron chi connectivity index (χ2n) is 4.28. The molecule has 0 unspecified atom stereocenters. The van der Waals surface area contributed by atoms with Gasteiger partial charge >= 0.3 is 5.97 Å². The van der Waals surface area contributed by atoms with E-state index in [9.17, 15) is 14.4 Å². The van der Waals surface area contributed by atoms with Gasteiger partial charge in [-0.2, -0.15) is 0 Å². The van der Waals surface area contributed by atoms with Crippen LogP contribution in [0.1, 0.15) is 27.6 Å². The molecule has 0 fully saturated rings. The number of hydrogen-bond acceptors (Lipinski definition) is 5. The van der Waals surface area contributed by atoms with E-state index >= 15 is 0 Å². The quantitative estimate of drug-likeness (QED) is 0.858. The highest BCUT2D eigenvalue weighted by Gasteiger charge is 2.32. The predicted molar refractivity (Wildman–Crippen MR) is 72.6 cm³/mol. The smallest absolute Gasteiger partial charge is 0.327 e. The Kier molecular flexibility index (Phi) is 3.90. The summed E-state index contributed by atoms with van der Waals surface area (Å²) in [5.41, 5.74) is 0.452. The third kappa shape index (κ3) is 2.32. The number of hydrogen-bond donors (Lipinski definition) is 1. The maximum atomic E-state index is 12.3. The molecule has 1 aromatic rings. The predicted octanol–water partition coefficient (Wildman–Crippen LogP) is 1.67. The van der Waals surface area contributed by atoms with Gasteiger partial charge in [-0.05, 0) is 6.92 Å². The van der Waals surface area contributed by atoms with Gasteiger partial charge < -0.3 is 10.1 Å². The van der Waals surface area contributed by atoms with E-state index in [0.29, 0.717) is 0 Å². The first-order chi connectivity index (χ1) is 9.47. The lowest BCUT2D eigenvalue weighted by atomic mass is 9.92. The number of halogens is 1. The van der Waals surface area contributed by atoms with E-state index in [1.54, 1.807) is 24.3 Å². The van der Waals surface area contributed by atoms with Gasteiger partial charge in [0.05, 0.1) is 7.11 Å². The summed E-state index contributed by atoms with van der Waals surface area (Å²) in [5, 5.41) is 2.43. The molecule has 2 rings (SSSR count). The van der Waals surface area contributed by atoms with Gasteiger partial charge in [-0.3, -0.25) is 9.59 Å². The molecule has 0 radical (unpaired) electrons. The number of fused-ring (bicyclic) bond motifs is 1. The van der Waals surface area contributed by atoms with Crippen LogP contribution >= 0.6 is 11.6 Å². The van der Waals surface area contributed by atoms with Crippen LogP contribution in [-0.2, 0) is 9.53 Å². The number of benzene rings is 1. The van der Waals surface area contributed by atoms with Crippen molar-refractivity contribution in [3.05, 3.63) is 46.1 Å². The molecular weight excluding hydrogens is 282 g/mol. The Balaban J connectivity index is 2.40. The fourth-order valence-corrected chi connectivity index (χ4v) is 2.17. The van der Waals surface area contributed by atoms with Crippen molar-refractivity contribution >= 4 is 29.1 Å². The summed E-state index contributed by atoms with van der Waals surface area (Å²) < 4.78 is 4.56. The molecule has 1 aliphatic rings. The summed E-state index contributed by atoms with van der Waals surface area (Å²) in [5.74, 6) is -1.41. The number of rotatable bonds is 3. The van der Waals surface area contributed by atoms with Crippen molar-refractivity contribution in [3.63, 3.8) is 0 Å². The second-order valence-corrected chi connectivity index (χ2v) is 4.66. The molecule has 0 aromatic heterocycles. The largest absolute Gasteiger partial charge is 0.467 e. The highest BCUT2D eigenvalue weighted by Crippen LogP contribution is 2.27. The van der Waals surface area contributed by atoms with E-state index in [4.69, 9.17) is 11.6 Å². The normalized spacial score (nSPS) is 15.8.